The molecule has 4 rings (SSSR count). The summed E-state index contributed by atoms with van der Waals surface area (Å²) in [5.41, 5.74) is 0.267. The third-order valence-corrected chi connectivity index (χ3v) is 5.29. The van der Waals surface area contributed by atoms with E-state index < -0.39 is 11.7 Å². The molecule has 33 heavy (non-hydrogen) atoms. The van der Waals surface area contributed by atoms with Gasteiger partial charge in [0.15, 0.2) is 11.6 Å². The lowest BCUT2D eigenvalue weighted by molar-refractivity contribution is 0.0992. The van der Waals surface area contributed by atoms with E-state index in [9.17, 15) is 9.18 Å². The molecule has 7 nitrogen and oxygen atoms in total. The number of aromatic nitrogens is 2. The Hall–Kier alpha value is -3.49. The van der Waals surface area contributed by atoms with Gasteiger partial charge in [0, 0.05) is 16.8 Å². The number of rotatable bonds is 8. The summed E-state index contributed by atoms with van der Waals surface area (Å²) in [5, 5.41) is 7.24. The highest BCUT2D eigenvalue weighted by Crippen LogP contribution is 2.24. The summed E-state index contributed by atoms with van der Waals surface area (Å²) < 4.78 is 31.7. The zero-order valence-electron chi connectivity index (χ0n) is 17.3. The predicted octanol–water partition coefficient (Wildman–Crippen LogP) is 5.81. The van der Waals surface area contributed by atoms with Gasteiger partial charge in [0.1, 0.15) is 34.7 Å². The van der Waals surface area contributed by atoms with E-state index in [0.29, 0.717) is 11.5 Å². The molecule has 0 atom stereocenters. The Labute approximate surface area is 198 Å². The van der Waals surface area contributed by atoms with Crippen molar-refractivity contribution in [1.29, 1.82) is 0 Å². The minimum absolute atomic E-state index is 0.0503. The van der Waals surface area contributed by atoms with Gasteiger partial charge in [0.2, 0.25) is 0 Å². The zero-order chi connectivity index (χ0) is 23.4. The monoisotopic (exact) mass is 489 g/mol. The minimum atomic E-state index is -0.540. The molecule has 4 aromatic rings. The Bertz CT molecular complexity index is 1250. The number of hydrogen-bond acceptors (Lipinski definition) is 5. The summed E-state index contributed by atoms with van der Waals surface area (Å²) >= 11 is 12.2. The molecule has 0 aliphatic carbocycles. The van der Waals surface area contributed by atoms with E-state index in [0.717, 1.165) is 5.75 Å². The molecule has 0 spiro atoms. The molecule has 0 saturated carbocycles. The number of methoxy groups -OCH3 is 1. The molecule has 0 aliphatic heterocycles. The Morgan fingerprint density at radius 2 is 1.85 bits per heavy atom. The van der Waals surface area contributed by atoms with Crippen LogP contribution in [0.1, 0.15) is 21.9 Å². The topological polar surface area (TPSA) is 78.5 Å². The quantitative estimate of drug-likeness (QED) is 0.337. The normalized spacial score (nSPS) is 10.8. The van der Waals surface area contributed by atoms with Gasteiger partial charge in [-0.3, -0.25) is 9.48 Å². The summed E-state index contributed by atoms with van der Waals surface area (Å²) in [6.07, 6.45) is 1.47. The number of furan rings is 1. The average molecular weight is 490 g/mol. The van der Waals surface area contributed by atoms with Gasteiger partial charge in [-0.05, 0) is 48.5 Å². The van der Waals surface area contributed by atoms with Crippen LogP contribution in [-0.2, 0) is 13.2 Å². The third kappa shape index (κ3) is 5.47. The fourth-order valence-electron chi connectivity index (χ4n) is 2.98. The number of carbonyl (C=O) groups is 1. The number of nitrogens with zero attached hydrogens (tertiary/aromatic N) is 2. The van der Waals surface area contributed by atoms with Crippen molar-refractivity contribution in [3.63, 3.8) is 0 Å². The first-order valence-electron chi connectivity index (χ1n) is 9.75. The summed E-state index contributed by atoms with van der Waals surface area (Å²) in [5.74, 6) is 0.985. The molecular formula is C23H18Cl2FN3O4. The van der Waals surface area contributed by atoms with Crippen LogP contribution in [-0.4, -0.2) is 22.8 Å². The summed E-state index contributed by atoms with van der Waals surface area (Å²) in [7, 11) is 1.58. The molecular weight excluding hydrogens is 472 g/mol. The highest BCUT2D eigenvalue weighted by atomic mass is 35.5. The van der Waals surface area contributed by atoms with Crippen molar-refractivity contribution in [3.8, 4) is 11.5 Å². The van der Waals surface area contributed by atoms with Crippen LogP contribution >= 0.6 is 23.2 Å². The lowest BCUT2D eigenvalue weighted by Crippen LogP contribution is -2.12. The van der Waals surface area contributed by atoms with Gasteiger partial charge < -0.3 is 19.2 Å². The molecule has 0 bridgehead atoms. The van der Waals surface area contributed by atoms with Crippen LogP contribution in [0.5, 0.6) is 11.5 Å². The summed E-state index contributed by atoms with van der Waals surface area (Å²) in [4.78, 5) is 12.6. The first kappa shape index (κ1) is 22.7. The molecule has 0 radical (unpaired) electrons. The van der Waals surface area contributed by atoms with E-state index in [1.165, 1.54) is 29.1 Å². The molecule has 0 aliphatic rings. The molecule has 10 heteroatoms. The molecule has 2 aromatic carbocycles. The SMILES string of the molecule is COc1ccc(OCc2ccc(C(=O)Nc3nn(Cc4c(F)cccc4Cl)cc3Cl)o2)cc1. The maximum Gasteiger partial charge on any atom is 0.292 e. The summed E-state index contributed by atoms with van der Waals surface area (Å²) in [6, 6.07) is 14.7. The van der Waals surface area contributed by atoms with Crippen LogP contribution in [0.3, 0.4) is 0 Å². The van der Waals surface area contributed by atoms with Gasteiger partial charge in [-0.1, -0.05) is 29.3 Å². The van der Waals surface area contributed by atoms with E-state index in [4.69, 9.17) is 37.1 Å². The van der Waals surface area contributed by atoms with Crippen LogP contribution in [0, 0.1) is 5.82 Å². The standard InChI is InChI=1S/C23H18Cl2FN3O4/c1-31-14-5-7-15(8-6-14)32-13-16-9-10-21(33-16)23(30)27-22-19(25)12-29(28-22)11-17-18(24)3-2-4-20(17)26/h2-10,12H,11,13H2,1H3,(H,27,28,30). The Morgan fingerprint density at radius 3 is 2.58 bits per heavy atom. The zero-order valence-corrected chi connectivity index (χ0v) is 18.9. The first-order chi connectivity index (χ1) is 15.9. The number of anilines is 1. The molecule has 0 unspecified atom stereocenters. The van der Waals surface area contributed by atoms with Crippen molar-refractivity contribution in [2.24, 2.45) is 0 Å². The van der Waals surface area contributed by atoms with Crippen LogP contribution in [0.25, 0.3) is 0 Å². The van der Waals surface area contributed by atoms with E-state index in [2.05, 4.69) is 10.4 Å². The van der Waals surface area contributed by atoms with Crippen molar-refractivity contribution in [2.45, 2.75) is 13.2 Å². The third-order valence-electron chi connectivity index (χ3n) is 4.66. The maximum atomic E-state index is 14.0. The first-order valence-corrected chi connectivity index (χ1v) is 10.5. The fourth-order valence-corrected chi connectivity index (χ4v) is 3.40. The number of nitrogens with one attached hydrogen (secondary N) is 1. The molecule has 1 N–H and O–H groups in total. The van der Waals surface area contributed by atoms with E-state index in [-0.39, 0.29) is 40.3 Å². The fraction of sp³-hybridized carbons (Fsp3) is 0.130. The number of benzene rings is 2. The number of hydrogen-bond donors (Lipinski definition) is 1. The second-order valence-corrected chi connectivity index (χ2v) is 7.72. The van der Waals surface area contributed by atoms with Crippen LogP contribution in [0.4, 0.5) is 10.2 Å². The molecule has 2 heterocycles. The summed E-state index contributed by atoms with van der Waals surface area (Å²) in [6.45, 7) is 0.188. The van der Waals surface area contributed by atoms with E-state index >= 15 is 0 Å². The average Bonchev–Trinajstić information content (AvgIpc) is 3.42. The van der Waals surface area contributed by atoms with Gasteiger partial charge in [0.25, 0.3) is 5.91 Å². The second kappa shape index (κ2) is 9.97. The van der Waals surface area contributed by atoms with Gasteiger partial charge in [-0.2, -0.15) is 5.10 Å². The molecule has 170 valence electrons. The smallest absolute Gasteiger partial charge is 0.292 e. The second-order valence-electron chi connectivity index (χ2n) is 6.91. The molecule has 0 fully saturated rings. The van der Waals surface area contributed by atoms with Crippen LogP contribution in [0.2, 0.25) is 10.0 Å². The number of carbonyl (C=O) groups excluding carboxylic acids is 1. The number of amides is 1. The van der Waals surface area contributed by atoms with E-state index in [1.54, 1.807) is 43.5 Å². The molecule has 0 saturated heterocycles. The number of ether oxygens (including phenoxy) is 2. The molecule has 1 amide bonds. The minimum Gasteiger partial charge on any atom is -0.497 e. The van der Waals surface area contributed by atoms with Crippen molar-refractivity contribution in [2.75, 3.05) is 12.4 Å². The van der Waals surface area contributed by atoms with Crippen molar-refractivity contribution in [3.05, 3.63) is 93.7 Å². The molecule has 2 aromatic heterocycles. The van der Waals surface area contributed by atoms with Crippen molar-refractivity contribution in [1.82, 2.24) is 9.78 Å². The largest absolute Gasteiger partial charge is 0.497 e. The van der Waals surface area contributed by atoms with Gasteiger partial charge in [-0.15, -0.1) is 0 Å². The highest BCUT2D eigenvalue weighted by Gasteiger charge is 2.17. The van der Waals surface area contributed by atoms with Gasteiger partial charge in [0.05, 0.1) is 13.7 Å². The highest BCUT2D eigenvalue weighted by molar-refractivity contribution is 6.33. The van der Waals surface area contributed by atoms with Gasteiger partial charge in [-0.25, -0.2) is 4.39 Å². The van der Waals surface area contributed by atoms with E-state index in [1.807, 2.05) is 0 Å². The Kier molecular flexibility index (Phi) is 6.86. The lowest BCUT2D eigenvalue weighted by atomic mass is 10.2. The van der Waals surface area contributed by atoms with Gasteiger partial charge >= 0.3 is 0 Å². The Balaban J connectivity index is 1.38. The van der Waals surface area contributed by atoms with Crippen LogP contribution in [0.15, 0.2) is 65.2 Å². The van der Waals surface area contributed by atoms with Crippen molar-refractivity contribution < 1.29 is 23.1 Å². The number of halogens is 3. The lowest BCUT2D eigenvalue weighted by Gasteiger charge is -2.06. The predicted molar refractivity (Wildman–Crippen MR) is 122 cm³/mol. The Morgan fingerprint density at radius 1 is 1.09 bits per heavy atom. The maximum absolute atomic E-state index is 14.0. The van der Waals surface area contributed by atoms with Crippen molar-refractivity contribution >= 4 is 34.9 Å². The van der Waals surface area contributed by atoms with Crippen LogP contribution < -0.4 is 14.8 Å².